The normalized spacial score (nSPS) is 12.6. The molecule has 1 aliphatic rings. The van der Waals surface area contributed by atoms with Gasteiger partial charge in [0.05, 0.1) is 26.1 Å². The zero-order valence-corrected chi connectivity index (χ0v) is 19.9. The Morgan fingerprint density at radius 1 is 1.00 bits per heavy atom. The van der Waals surface area contributed by atoms with Crippen molar-refractivity contribution in [2.45, 2.75) is 18.4 Å². The number of thiazole rings is 2. The molecule has 33 heavy (non-hydrogen) atoms. The second-order valence-electron chi connectivity index (χ2n) is 7.10. The summed E-state index contributed by atoms with van der Waals surface area (Å²) in [5.41, 5.74) is 4.64. The summed E-state index contributed by atoms with van der Waals surface area (Å²) in [7, 11) is -3.75. The van der Waals surface area contributed by atoms with Crippen LogP contribution in [-0.4, -0.2) is 25.2 Å². The summed E-state index contributed by atoms with van der Waals surface area (Å²) in [4.78, 5) is 8.69. The van der Waals surface area contributed by atoms with Gasteiger partial charge in [-0.3, -0.25) is 4.18 Å². The van der Waals surface area contributed by atoms with Gasteiger partial charge in [0.1, 0.15) is 16.3 Å². The van der Waals surface area contributed by atoms with E-state index in [4.69, 9.17) is 13.7 Å². The molecule has 3 heterocycles. The highest BCUT2D eigenvalue weighted by atomic mass is 32.2. The lowest BCUT2D eigenvalue weighted by Crippen LogP contribution is -2.06. The summed E-state index contributed by atoms with van der Waals surface area (Å²) in [5.74, 6) is 1.67. The average molecular weight is 499 g/mol. The van der Waals surface area contributed by atoms with Gasteiger partial charge in [-0.25, -0.2) is 9.97 Å². The van der Waals surface area contributed by atoms with Crippen molar-refractivity contribution >= 4 is 53.2 Å². The Morgan fingerprint density at radius 2 is 1.82 bits per heavy atom. The Balaban J connectivity index is 0.000000159. The molecule has 5 aromatic rings. The highest BCUT2D eigenvalue weighted by Gasteiger charge is 2.18. The number of benzene rings is 3. The van der Waals surface area contributed by atoms with Crippen LogP contribution in [0.15, 0.2) is 71.1 Å². The molecule has 0 atom stereocenters. The van der Waals surface area contributed by atoms with E-state index in [1.54, 1.807) is 35.6 Å². The van der Waals surface area contributed by atoms with Crippen molar-refractivity contribution in [3.63, 3.8) is 0 Å². The van der Waals surface area contributed by atoms with Gasteiger partial charge in [-0.2, -0.15) is 8.42 Å². The van der Waals surface area contributed by atoms with Crippen molar-refractivity contribution in [3.05, 3.63) is 76.7 Å². The van der Waals surface area contributed by atoms with E-state index in [0.717, 1.165) is 37.5 Å². The number of ether oxygens (including phenoxy) is 2. The van der Waals surface area contributed by atoms with Crippen LogP contribution < -0.4 is 9.47 Å². The molecule has 168 valence electrons. The van der Waals surface area contributed by atoms with Gasteiger partial charge in [0, 0.05) is 0 Å². The summed E-state index contributed by atoms with van der Waals surface area (Å²) in [6, 6.07) is 18.1. The van der Waals surface area contributed by atoms with E-state index < -0.39 is 10.1 Å². The average Bonchev–Trinajstić information content (AvgIpc) is 3.56. The van der Waals surface area contributed by atoms with Crippen LogP contribution in [0.2, 0.25) is 0 Å². The smallest absolute Gasteiger partial charge is 0.297 e. The third-order valence-electron chi connectivity index (χ3n) is 4.82. The van der Waals surface area contributed by atoms with E-state index in [9.17, 15) is 8.42 Å². The zero-order valence-electron chi connectivity index (χ0n) is 17.4. The molecule has 7 nitrogen and oxygen atoms in total. The van der Waals surface area contributed by atoms with E-state index in [0.29, 0.717) is 11.8 Å². The van der Waals surface area contributed by atoms with Gasteiger partial charge >= 0.3 is 0 Å². The van der Waals surface area contributed by atoms with Gasteiger partial charge < -0.3 is 9.47 Å². The van der Waals surface area contributed by atoms with Gasteiger partial charge in [-0.05, 0) is 43.3 Å². The highest BCUT2D eigenvalue weighted by molar-refractivity contribution is 7.86. The monoisotopic (exact) mass is 498 g/mol. The van der Waals surface area contributed by atoms with Gasteiger partial charge in [-0.1, -0.05) is 29.8 Å². The molecule has 0 fully saturated rings. The van der Waals surface area contributed by atoms with Crippen LogP contribution in [0, 0.1) is 6.92 Å². The number of para-hydroxylation sites is 1. The minimum Gasteiger partial charge on any atom is -0.454 e. The maximum atomic E-state index is 12.1. The molecule has 0 spiro atoms. The number of hydrogen-bond donors (Lipinski definition) is 0. The molecule has 0 unspecified atom stereocenters. The fraction of sp³-hybridized carbons (Fsp3) is 0.130. The number of aromatic nitrogens is 2. The first-order valence-corrected chi connectivity index (χ1v) is 13.0. The van der Waals surface area contributed by atoms with Gasteiger partial charge in [0.15, 0.2) is 11.5 Å². The fourth-order valence-corrected chi connectivity index (χ4v) is 5.78. The number of nitrogens with zero attached hydrogens (tertiary/aromatic N) is 2. The summed E-state index contributed by atoms with van der Waals surface area (Å²) in [6.45, 7) is 2.18. The third-order valence-corrected chi connectivity index (χ3v) is 7.95. The largest absolute Gasteiger partial charge is 0.454 e. The number of fused-ring (bicyclic) bond motifs is 4. The van der Waals surface area contributed by atoms with Crippen LogP contribution in [0.3, 0.4) is 0 Å². The predicted octanol–water partition coefficient (Wildman–Crippen LogP) is 5.54. The second-order valence-corrected chi connectivity index (χ2v) is 10.7. The van der Waals surface area contributed by atoms with Crippen LogP contribution in [0.5, 0.6) is 11.5 Å². The Bertz CT molecular complexity index is 1490. The molecule has 2 aromatic heterocycles. The number of hydrogen-bond acceptors (Lipinski definition) is 9. The van der Waals surface area contributed by atoms with Crippen molar-refractivity contribution in [1.82, 2.24) is 9.97 Å². The molecule has 10 heteroatoms. The molecule has 0 radical (unpaired) electrons. The first-order chi connectivity index (χ1) is 16.0. The minimum absolute atomic E-state index is 0.0461. The Morgan fingerprint density at radius 3 is 2.64 bits per heavy atom. The lowest BCUT2D eigenvalue weighted by Gasteiger charge is -2.04. The molecule has 0 aliphatic carbocycles. The van der Waals surface area contributed by atoms with Crippen molar-refractivity contribution in [1.29, 1.82) is 0 Å². The van der Waals surface area contributed by atoms with Crippen molar-refractivity contribution in [2.24, 2.45) is 0 Å². The summed E-state index contributed by atoms with van der Waals surface area (Å²) < 4.78 is 41.9. The lowest BCUT2D eigenvalue weighted by atomic mass is 10.2. The van der Waals surface area contributed by atoms with Crippen LogP contribution in [-0.2, 0) is 20.9 Å². The minimum atomic E-state index is -3.75. The summed E-state index contributed by atoms with van der Waals surface area (Å²) in [6.07, 6.45) is 0. The molecule has 0 N–H and O–H groups in total. The summed E-state index contributed by atoms with van der Waals surface area (Å²) in [5, 5.41) is 0.645. The topological polar surface area (TPSA) is 87.6 Å². The van der Waals surface area contributed by atoms with Crippen LogP contribution in [0.1, 0.15) is 10.6 Å². The molecule has 3 aromatic carbocycles. The van der Waals surface area contributed by atoms with E-state index in [1.165, 1.54) is 11.3 Å². The molecule has 1 aliphatic heterocycles. The van der Waals surface area contributed by atoms with Crippen molar-refractivity contribution in [3.8, 4) is 11.5 Å². The van der Waals surface area contributed by atoms with Gasteiger partial charge in [0.2, 0.25) is 6.79 Å². The van der Waals surface area contributed by atoms with E-state index >= 15 is 0 Å². The van der Waals surface area contributed by atoms with Crippen molar-refractivity contribution in [2.75, 3.05) is 6.79 Å². The predicted molar refractivity (Wildman–Crippen MR) is 129 cm³/mol. The first-order valence-electron chi connectivity index (χ1n) is 9.92. The molecule has 0 saturated heterocycles. The number of aryl methyl sites for hydroxylation is 1. The Kier molecular flexibility index (Phi) is 5.98. The quantitative estimate of drug-likeness (QED) is 0.301. The standard InChI is InChI=1S/C15H13NO3S2.C8H5NO2S/c1-11-6-8-12(9-7-11)21(17,18)19-10-15-16-13-4-2-3-5-14(13)20-15;1-2-6-7(11-4-10-6)8-5(1)9-3-12-8/h2-9H,10H2,1H3;1-3H,4H2. The second kappa shape index (κ2) is 9.06. The highest BCUT2D eigenvalue weighted by Crippen LogP contribution is 2.40. The molecule has 0 saturated carbocycles. The zero-order chi connectivity index (χ0) is 22.8. The molecule has 6 rings (SSSR count). The first kappa shape index (κ1) is 21.8. The lowest BCUT2D eigenvalue weighted by molar-refractivity contribution is 0.175. The van der Waals surface area contributed by atoms with Crippen molar-refractivity contribution < 1.29 is 22.1 Å². The van der Waals surface area contributed by atoms with Crippen LogP contribution in [0.4, 0.5) is 0 Å². The van der Waals surface area contributed by atoms with E-state index in [1.807, 2.05) is 48.8 Å². The molecular formula is C23H18N2O5S3. The molecule has 0 amide bonds. The maximum Gasteiger partial charge on any atom is 0.297 e. The fourth-order valence-electron chi connectivity index (χ4n) is 3.17. The molecule has 0 bridgehead atoms. The SMILES string of the molecule is Cc1ccc(S(=O)(=O)OCc2nc3ccccc3s2)cc1.c1nc2ccc3c(c2s1)OCO3. The van der Waals surface area contributed by atoms with E-state index in [2.05, 4.69) is 9.97 Å². The van der Waals surface area contributed by atoms with Gasteiger partial charge in [-0.15, -0.1) is 22.7 Å². The third kappa shape index (κ3) is 4.69. The van der Waals surface area contributed by atoms with E-state index in [-0.39, 0.29) is 11.5 Å². The summed E-state index contributed by atoms with van der Waals surface area (Å²) >= 11 is 3.01. The number of rotatable bonds is 4. The molecular weight excluding hydrogens is 480 g/mol. The Labute approximate surface area is 198 Å². The van der Waals surface area contributed by atoms with Crippen LogP contribution >= 0.6 is 22.7 Å². The van der Waals surface area contributed by atoms with Crippen LogP contribution in [0.25, 0.3) is 20.4 Å². The maximum absolute atomic E-state index is 12.1. The Hall–Kier alpha value is -3.05. The van der Waals surface area contributed by atoms with Gasteiger partial charge in [0.25, 0.3) is 10.1 Å².